The van der Waals surface area contributed by atoms with E-state index in [0.29, 0.717) is 17.1 Å². The van der Waals surface area contributed by atoms with Crippen LogP contribution in [0, 0.1) is 0 Å². The lowest BCUT2D eigenvalue weighted by molar-refractivity contribution is -0.136. The van der Waals surface area contributed by atoms with Gasteiger partial charge in [-0.1, -0.05) is 24.6 Å². The van der Waals surface area contributed by atoms with Gasteiger partial charge in [0.05, 0.1) is 6.42 Å². The quantitative estimate of drug-likeness (QED) is 0.880. The Labute approximate surface area is 105 Å². The highest BCUT2D eigenvalue weighted by atomic mass is 35.5. The van der Waals surface area contributed by atoms with Gasteiger partial charge >= 0.3 is 5.97 Å². The molecule has 0 aliphatic heterocycles. The number of hydrogen-bond donors (Lipinski definition) is 1. The first-order valence-corrected chi connectivity index (χ1v) is 5.70. The van der Waals surface area contributed by atoms with Crippen molar-refractivity contribution in [2.45, 2.75) is 19.8 Å². The monoisotopic (exact) mass is 255 g/mol. The van der Waals surface area contributed by atoms with Crippen LogP contribution in [0.25, 0.3) is 0 Å². The van der Waals surface area contributed by atoms with Crippen LogP contribution in [0.3, 0.4) is 0 Å². The van der Waals surface area contributed by atoms with Crippen LogP contribution in [0.15, 0.2) is 24.3 Å². The van der Waals surface area contributed by atoms with Crippen molar-refractivity contribution >= 4 is 29.2 Å². The van der Waals surface area contributed by atoms with Crippen molar-refractivity contribution in [3.63, 3.8) is 0 Å². The molecule has 0 aliphatic carbocycles. The molecule has 0 saturated carbocycles. The minimum absolute atomic E-state index is 0.0851. The Balaban J connectivity index is 2.89. The molecule has 0 spiro atoms. The summed E-state index contributed by atoms with van der Waals surface area (Å²) in [6.45, 7) is 1.89. The normalized spacial score (nSPS) is 10.0. The average molecular weight is 256 g/mol. The summed E-state index contributed by atoms with van der Waals surface area (Å²) in [6.07, 6.45) is 0.240. The van der Waals surface area contributed by atoms with E-state index in [1.807, 2.05) is 0 Å². The molecule has 5 heteroatoms. The zero-order chi connectivity index (χ0) is 12.8. The lowest BCUT2D eigenvalue weighted by atomic mass is 10.2. The number of carboxylic acid groups (broad SMARTS) is 1. The largest absolute Gasteiger partial charge is 0.481 e. The lowest BCUT2D eigenvalue weighted by Crippen LogP contribution is -2.32. The van der Waals surface area contributed by atoms with Crippen LogP contribution in [0.1, 0.15) is 19.8 Å². The molecule has 1 amide bonds. The maximum absolute atomic E-state index is 11.7. The summed E-state index contributed by atoms with van der Waals surface area (Å²) < 4.78 is 0. The molecule has 1 N–H and O–H groups in total. The van der Waals surface area contributed by atoms with Crippen LogP contribution in [0.4, 0.5) is 5.69 Å². The second-order valence-electron chi connectivity index (χ2n) is 3.52. The molecule has 0 saturated heterocycles. The second-order valence-corrected chi connectivity index (χ2v) is 3.96. The summed E-state index contributed by atoms with van der Waals surface area (Å²) in [4.78, 5) is 23.7. The van der Waals surface area contributed by atoms with Crippen molar-refractivity contribution in [1.29, 1.82) is 0 Å². The van der Waals surface area contributed by atoms with Gasteiger partial charge in [-0.25, -0.2) is 0 Å². The molecule has 17 heavy (non-hydrogen) atoms. The Bertz CT molecular complexity index is 420. The van der Waals surface area contributed by atoms with Gasteiger partial charge in [0, 0.05) is 23.7 Å². The number of hydrogen-bond acceptors (Lipinski definition) is 2. The van der Waals surface area contributed by atoms with E-state index in [9.17, 15) is 9.59 Å². The van der Waals surface area contributed by atoms with E-state index in [0.717, 1.165) is 0 Å². The molecule has 92 valence electrons. The van der Waals surface area contributed by atoms with Crippen LogP contribution in [0.5, 0.6) is 0 Å². The van der Waals surface area contributed by atoms with Gasteiger partial charge in [-0.2, -0.15) is 0 Å². The minimum atomic E-state index is -0.930. The fourth-order valence-corrected chi connectivity index (χ4v) is 1.62. The number of aliphatic carboxylic acids is 1. The van der Waals surface area contributed by atoms with E-state index < -0.39 is 5.97 Å². The average Bonchev–Trinajstić information content (AvgIpc) is 2.28. The molecular formula is C12H14ClNO3. The molecule has 0 unspecified atom stereocenters. The number of nitrogens with zero attached hydrogens (tertiary/aromatic N) is 1. The SMILES string of the molecule is CCC(=O)N(CCC(=O)O)c1cccc(Cl)c1. The molecule has 0 aromatic heterocycles. The van der Waals surface area contributed by atoms with Crippen LogP contribution in [-0.2, 0) is 9.59 Å². The van der Waals surface area contributed by atoms with E-state index in [-0.39, 0.29) is 18.9 Å². The molecule has 0 radical (unpaired) electrons. The number of amides is 1. The first kappa shape index (κ1) is 13.5. The first-order valence-electron chi connectivity index (χ1n) is 5.32. The molecule has 1 rings (SSSR count). The fraction of sp³-hybridized carbons (Fsp3) is 0.333. The van der Waals surface area contributed by atoms with E-state index in [4.69, 9.17) is 16.7 Å². The van der Waals surface area contributed by atoms with Crippen molar-refractivity contribution in [1.82, 2.24) is 0 Å². The van der Waals surface area contributed by atoms with Crippen molar-refractivity contribution in [2.24, 2.45) is 0 Å². The van der Waals surface area contributed by atoms with Crippen LogP contribution in [0.2, 0.25) is 5.02 Å². The third-order valence-electron chi connectivity index (χ3n) is 2.27. The topological polar surface area (TPSA) is 57.6 Å². The molecule has 0 bridgehead atoms. The Morgan fingerprint density at radius 1 is 1.41 bits per heavy atom. The Morgan fingerprint density at radius 2 is 2.12 bits per heavy atom. The fourth-order valence-electron chi connectivity index (χ4n) is 1.44. The smallest absolute Gasteiger partial charge is 0.305 e. The molecule has 0 fully saturated rings. The molecule has 1 aromatic rings. The number of carboxylic acids is 1. The standard InChI is InChI=1S/C12H14ClNO3/c1-2-11(15)14(7-6-12(16)17)10-5-3-4-9(13)8-10/h3-5,8H,2,6-7H2,1H3,(H,16,17). The lowest BCUT2D eigenvalue weighted by Gasteiger charge is -2.21. The number of anilines is 1. The zero-order valence-electron chi connectivity index (χ0n) is 9.52. The highest BCUT2D eigenvalue weighted by Gasteiger charge is 2.15. The Hall–Kier alpha value is -1.55. The van der Waals surface area contributed by atoms with Crippen molar-refractivity contribution < 1.29 is 14.7 Å². The summed E-state index contributed by atoms with van der Waals surface area (Å²) in [5.74, 6) is -1.05. The van der Waals surface area contributed by atoms with Gasteiger partial charge in [0.25, 0.3) is 0 Å². The second kappa shape index (κ2) is 6.25. The van der Waals surface area contributed by atoms with Gasteiger partial charge in [-0.3, -0.25) is 9.59 Å². The highest BCUT2D eigenvalue weighted by molar-refractivity contribution is 6.30. The third kappa shape index (κ3) is 4.07. The number of carbonyl (C=O) groups is 2. The number of carbonyl (C=O) groups excluding carboxylic acids is 1. The molecule has 0 atom stereocenters. The Kier molecular flexibility index (Phi) is 4.97. The number of benzene rings is 1. The van der Waals surface area contributed by atoms with Crippen molar-refractivity contribution in [2.75, 3.05) is 11.4 Å². The van der Waals surface area contributed by atoms with Gasteiger partial charge in [0.1, 0.15) is 0 Å². The predicted octanol–water partition coefficient (Wildman–Crippen LogP) is 2.56. The molecule has 1 aromatic carbocycles. The first-order chi connectivity index (χ1) is 8.04. The Morgan fingerprint density at radius 3 is 2.65 bits per heavy atom. The van der Waals surface area contributed by atoms with Gasteiger partial charge in [-0.05, 0) is 18.2 Å². The summed E-state index contributed by atoms with van der Waals surface area (Å²) in [6, 6.07) is 6.82. The summed E-state index contributed by atoms with van der Waals surface area (Å²) >= 11 is 5.85. The van der Waals surface area contributed by atoms with Gasteiger partial charge in [-0.15, -0.1) is 0 Å². The maximum atomic E-state index is 11.7. The van der Waals surface area contributed by atoms with Crippen LogP contribution >= 0.6 is 11.6 Å². The zero-order valence-corrected chi connectivity index (χ0v) is 10.3. The summed E-state index contributed by atoms with van der Waals surface area (Å²) in [7, 11) is 0. The molecule has 0 aliphatic rings. The van der Waals surface area contributed by atoms with Gasteiger partial charge in [0.2, 0.25) is 5.91 Å². The maximum Gasteiger partial charge on any atom is 0.305 e. The number of halogens is 1. The van der Waals surface area contributed by atoms with Gasteiger partial charge in [0.15, 0.2) is 0 Å². The minimum Gasteiger partial charge on any atom is -0.481 e. The summed E-state index contributed by atoms with van der Waals surface area (Å²) in [5, 5.41) is 9.17. The van der Waals surface area contributed by atoms with Crippen LogP contribution in [-0.4, -0.2) is 23.5 Å². The van der Waals surface area contributed by atoms with E-state index in [1.165, 1.54) is 4.90 Å². The summed E-state index contributed by atoms with van der Waals surface area (Å²) in [5.41, 5.74) is 0.630. The van der Waals surface area contributed by atoms with Crippen molar-refractivity contribution in [3.05, 3.63) is 29.3 Å². The number of rotatable bonds is 5. The van der Waals surface area contributed by atoms with E-state index in [2.05, 4.69) is 0 Å². The third-order valence-corrected chi connectivity index (χ3v) is 2.51. The highest BCUT2D eigenvalue weighted by Crippen LogP contribution is 2.20. The van der Waals surface area contributed by atoms with Crippen LogP contribution < -0.4 is 4.90 Å². The predicted molar refractivity (Wildman–Crippen MR) is 66.3 cm³/mol. The molecule has 4 nitrogen and oxygen atoms in total. The van der Waals surface area contributed by atoms with E-state index in [1.54, 1.807) is 31.2 Å². The van der Waals surface area contributed by atoms with Crippen molar-refractivity contribution in [3.8, 4) is 0 Å². The van der Waals surface area contributed by atoms with Gasteiger partial charge < -0.3 is 10.0 Å². The molecule has 0 heterocycles. The van der Waals surface area contributed by atoms with E-state index >= 15 is 0 Å². The molecular weight excluding hydrogens is 242 g/mol.